The fraction of sp³-hybridized carbons (Fsp3) is 0.0909. The zero-order valence-electron chi connectivity index (χ0n) is 15.2. The molecule has 0 amide bonds. The minimum absolute atomic E-state index is 0.0501. The van der Waals surface area contributed by atoms with Crippen LogP contribution < -0.4 is 9.47 Å². The monoisotopic (exact) mass is 412 g/mol. The van der Waals surface area contributed by atoms with Gasteiger partial charge < -0.3 is 9.47 Å². The lowest BCUT2D eigenvalue weighted by Crippen LogP contribution is -2.01. The molecule has 0 aliphatic carbocycles. The summed E-state index contributed by atoms with van der Waals surface area (Å²) in [4.78, 5) is 22.2. The quantitative estimate of drug-likeness (QED) is 0.293. The summed E-state index contributed by atoms with van der Waals surface area (Å²) in [6.45, 7) is 7.29. The summed E-state index contributed by atoms with van der Waals surface area (Å²) in [5.41, 5.74) is 2.10. The first-order chi connectivity index (χ1) is 13.6. The highest BCUT2D eigenvalue weighted by molar-refractivity contribution is 8.16. The van der Waals surface area contributed by atoms with Crippen LogP contribution in [0.4, 0.5) is 0 Å². The molecule has 0 heterocycles. The number of ether oxygens (including phenoxy) is 2. The van der Waals surface area contributed by atoms with Crippen LogP contribution in [0.5, 0.6) is 11.5 Å². The van der Waals surface area contributed by atoms with Crippen molar-refractivity contribution in [2.45, 2.75) is 0 Å². The topological polar surface area (TPSA) is 52.6 Å². The van der Waals surface area contributed by atoms with Crippen LogP contribution in [0.25, 0.3) is 11.1 Å². The average Bonchev–Trinajstić information content (AvgIpc) is 2.74. The Balaban J connectivity index is 1.84. The lowest BCUT2D eigenvalue weighted by Gasteiger charge is -2.07. The van der Waals surface area contributed by atoms with Crippen molar-refractivity contribution in [3.05, 3.63) is 85.5 Å². The van der Waals surface area contributed by atoms with Gasteiger partial charge in [0.1, 0.15) is 11.5 Å². The molecule has 0 bridgehead atoms. The van der Waals surface area contributed by atoms with E-state index in [-0.39, 0.29) is 10.2 Å². The fourth-order valence-corrected chi connectivity index (χ4v) is 2.91. The summed E-state index contributed by atoms with van der Waals surface area (Å²) in [6.07, 6.45) is 4.02. The Morgan fingerprint density at radius 3 is 2.00 bits per heavy atom. The summed E-state index contributed by atoms with van der Waals surface area (Å²) >= 11 is 2.20. The van der Waals surface area contributed by atoms with E-state index in [9.17, 15) is 9.59 Å². The molecule has 0 unspecified atom stereocenters. The number of benzene rings is 2. The second kappa shape index (κ2) is 11.9. The van der Waals surface area contributed by atoms with Crippen LogP contribution in [0.2, 0.25) is 0 Å². The van der Waals surface area contributed by atoms with Gasteiger partial charge in [0.15, 0.2) is 0 Å². The predicted octanol–water partition coefficient (Wildman–Crippen LogP) is 5.47. The number of thioether (sulfide) groups is 2. The number of rotatable bonds is 10. The largest absolute Gasteiger partial charge is 0.493 e. The summed E-state index contributed by atoms with van der Waals surface area (Å²) in [5.74, 6) is 2.02. The number of carbonyl (C=O) groups is 2. The Labute approximate surface area is 173 Å². The number of hydrogen-bond donors (Lipinski definition) is 0. The van der Waals surface area contributed by atoms with Crippen LogP contribution in [-0.4, -0.2) is 22.6 Å². The van der Waals surface area contributed by atoms with E-state index in [4.69, 9.17) is 9.47 Å². The first-order valence-electron chi connectivity index (χ1n) is 8.39. The van der Waals surface area contributed by atoms with Crippen LogP contribution in [0.15, 0.2) is 85.5 Å². The highest BCUT2D eigenvalue weighted by Crippen LogP contribution is 2.25. The van der Waals surface area contributed by atoms with Crippen LogP contribution >= 0.6 is 23.5 Å². The van der Waals surface area contributed by atoms with E-state index < -0.39 is 0 Å². The second-order valence-electron chi connectivity index (χ2n) is 5.30. The van der Waals surface area contributed by atoms with Crippen molar-refractivity contribution in [1.82, 2.24) is 0 Å². The fourth-order valence-electron chi connectivity index (χ4n) is 2.08. The normalized spacial score (nSPS) is 10.4. The lowest BCUT2D eigenvalue weighted by molar-refractivity contribution is -0.107. The molecule has 0 fully saturated rings. The van der Waals surface area contributed by atoms with Crippen molar-refractivity contribution in [3.63, 3.8) is 0 Å². The SMILES string of the molecule is C=CC(=O)S/C=C\Oc1ccc(-c2ccc(OCCSC(=O)C=C)cc2)cc1. The molecule has 2 aromatic rings. The average molecular weight is 413 g/mol. The molecule has 0 spiro atoms. The maximum Gasteiger partial charge on any atom is 0.215 e. The Bertz CT molecular complexity index is 840. The molecule has 0 radical (unpaired) electrons. The van der Waals surface area contributed by atoms with Gasteiger partial charge in [-0.25, -0.2) is 0 Å². The highest BCUT2D eigenvalue weighted by Gasteiger charge is 2.01. The Hall–Kier alpha value is -2.70. The molecular formula is C22H20O4S2. The molecule has 0 aliphatic rings. The molecule has 28 heavy (non-hydrogen) atoms. The molecule has 0 aromatic heterocycles. The molecule has 144 valence electrons. The molecule has 0 saturated carbocycles. The summed E-state index contributed by atoms with van der Waals surface area (Å²) in [6, 6.07) is 15.4. The highest BCUT2D eigenvalue weighted by atomic mass is 32.2. The molecular weight excluding hydrogens is 392 g/mol. The van der Waals surface area contributed by atoms with Crippen molar-refractivity contribution in [1.29, 1.82) is 0 Å². The third-order valence-corrected chi connectivity index (χ3v) is 4.88. The van der Waals surface area contributed by atoms with Crippen molar-refractivity contribution >= 4 is 33.8 Å². The van der Waals surface area contributed by atoms with E-state index in [2.05, 4.69) is 13.2 Å². The van der Waals surface area contributed by atoms with Gasteiger partial charge in [0.05, 0.1) is 12.9 Å². The molecule has 0 saturated heterocycles. The number of hydrogen-bond acceptors (Lipinski definition) is 6. The van der Waals surface area contributed by atoms with Crippen molar-refractivity contribution in [2.75, 3.05) is 12.4 Å². The molecule has 6 heteroatoms. The van der Waals surface area contributed by atoms with Gasteiger partial charge in [0.25, 0.3) is 0 Å². The molecule has 0 aliphatic heterocycles. The first kappa shape index (κ1) is 21.6. The van der Waals surface area contributed by atoms with E-state index in [0.717, 1.165) is 28.6 Å². The van der Waals surface area contributed by atoms with Gasteiger partial charge in [-0.3, -0.25) is 9.59 Å². The van der Waals surface area contributed by atoms with E-state index >= 15 is 0 Å². The molecule has 0 N–H and O–H groups in total. The van der Waals surface area contributed by atoms with Crippen molar-refractivity contribution < 1.29 is 19.1 Å². The van der Waals surface area contributed by atoms with Gasteiger partial charge in [0, 0.05) is 11.2 Å². The first-order valence-corrected chi connectivity index (χ1v) is 10.3. The molecule has 2 aromatic carbocycles. The van der Waals surface area contributed by atoms with Crippen LogP contribution in [0, 0.1) is 0 Å². The summed E-state index contributed by atoms with van der Waals surface area (Å²) in [5, 5.41) is 1.39. The maximum atomic E-state index is 11.1. The van der Waals surface area contributed by atoms with Crippen molar-refractivity contribution in [3.8, 4) is 22.6 Å². The van der Waals surface area contributed by atoms with Gasteiger partial charge in [0.2, 0.25) is 10.2 Å². The molecule has 4 nitrogen and oxygen atoms in total. The smallest absolute Gasteiger partial charge is 0.215 e. The van der Waals surface area contributed by atoms with Crippen LogP contribution in [0.1, 0.15) is 0 Å². The second-order valence-corrected chi connectivity index (χ2v) is 7.31. The lowest BCUT2D eigenvalue weighted by atomic mass is 10.1. The van der Waals surface area contributed by atoms with Crippen molar-refractivity contribution in [2.24, 2.45) is 0 Å². The zero-order chi connectivity index (χ0) is 20.2. The molecule has 0 atom stereocenters. The van der Waals surface area contributed by atoms with Gasteiger partial charge in [-0.15, -0.1) is 0 Å². The summed E-state index contributed by atoms with van der Waals surface area (Å²) < 4.78 is 11.1. The van der Waals surface area contributed by atoms with Crippen LogP contribution in [-0.2, 0) is 9.59 Å². The Morgan fingerprint density at radius 1 is 0.857 bits per heavy atom. The standard InChI is InChI=1S/C22H20O4S2/c1-3-21(23)27-15-13-25-19-9-5-17(6-10-19)18-7-11-20(12-8-18)26-14-16-28-22(24)4-2/h3-13,15H,1-2,14,16H2/b15-13-. The molecule has 2 rings (SSSR count). The third-order valence-electron chi connectivity index (χ3n) is 3.42. The minimum Gasteiger partial charge on any atom is -0.493 e. The van der Waals surface area contributed by atoms with E-state index in [0.29, 0.717) is 18.1 Å². The zero-order valence-corrected chi connectivity index (χ0v) is 16.8. The number of carbonyl (C=O) groups excluding carboxylic acids is 2. The Kier molecular flexibility index (Phi) is 9.18. The van der Waals surface area contributed by atoms with Gasteiger partial charge in [-0.05, 0) is 47.5 Å². The van der Waals surface area contributed by atoms with Gasteiger partial charge in [-0.2, -0.15) is 0 Å². The van der Waals surface area contributed by atoms with E-state index in [1.165, 1.54) is 30.2 Å². The van der Waals surface area contributed by atoms with Gasteiger partial charge in [-0.1, -0.05) is 60.9 Å². The maximum absolute atomic E-state index is 11.1. The minimum atomic E-state index is -0.133. The van der Waals surface area contributed by atoms with E-state index in [1.54, 1.807) is 5.41 Å². The van der Waals surface area contributed by atoms with E-state index in [1.807, 2.05) is 48.5 Å². The van der Waals surface area contributed by atoms with Crippen LogP contribution in [0.3, 0.4) is 0 Å². The Morgan fingerprint density at radius 2 is 1.43 bits per heavy atom. The summed E-state index contributed by atoms with van der Waals surface area (Å²) in [7, 11) is 0. The predicted molar refractivity (Wildman–Crippen MR) is 118 cm³/mol. The van der Waals surface area contributed by atoms with Gasteiger partial charge >= 0.3 is 0 Å². The third kappa shape index (κ3) is 7.50.